The van der Waals surface area contributed by atoms with Crippen LogP contribution in [0.1, 0.15) is 11.1 Å². The molecular weight excluding hydrogens is 332 g/mol. The summed E-state index contributed by atoms with van der Waals surface area (Å²) in [6, 6.07) is 14.6. The molecule has 0 atom stereocenters. The molecular formula is C20H20N2O4. The average molecular weight is 352 g/mol. The Morgan fingerprint density at radius 2 is 2.00 bits per heavy atom. The Kier molecular flexibility index (Phi) is 7.07. The molecule has 6 heteroatoms. The van der Waals surface area contributed by atoms with Crippen molar-refractivity contribution in [2.45, 2.75) is 6.54 Å². The molecule has 0 bridgehead atoms. The van der Waals surface area contributed by atoms with Crippen molar-refractivity contribution in [1.29, 1.82) is 5.26 Å². The maximum Gasteiger partial charge on any atom is 0.244 e. The number of carbonyl (C=O) groups excluding carboxylic acids is 1. The Morgan fingerprint density at radius 3 is 2.73 bits per heavy atom. The van der Waals surface area contributed by atoms with E-state index in [2.05, 4.69) is 5.32 Å². The third-order valence-corrected chi connectivity index (χ3v) is 3.51. The molecule has 0 saturated heterocycles. The van der Waals surface area contributed by atoms with E-state index in [0.717, 1.165) is 16.9 Å². The van der Waals surface area contributed by atoms with E-state index >= 15 is 0 Å². The second-order valence-corrected chi connectivity index (χ2v) is 5.26. The predicted octanol–water partition coefficient (Wildman–Crippen LogP) is 2.94. The van der Waals surface area contributed by atoms with E-state index in [0.29, 0.717) is 18.0 Å². The number of nitrogens with one attached hydrogen (secondary N) is 1. The Morgan fingerprint density at radius 1 is 1.15 bits per heavy atom. The Labute approximate surface area is 152 Å². The fraction of sp³-hybridized carbons (Fsp3) is 0.200. The summed E-state index contributed by atoms with van der Waals surface area (Å²) in [6.07, 6.45) is 3.13. The van der Waals surface area contributed by atoms with Crippen LogP contribution >= 0.6 is 0 Å². The van der Waals surface area contributed by atoms with Gasteiger partial charge in [0.15, 0.2) is 18.1 Å². The van der Waals surface area contributed by atoms with Crippen LogP contribution in [0.15, 0.2) is 48.5 Å². The molecule has 0 aliphatic heterocycles. The molecule has 0 aliphatic rings. The van der Waals surface area contributed by atoms with E-state index < -0.39 is 0 Å². The summed E-state index contributed by atoms with van der Waals surface area (Å²) < 4.78 is 15.7. The van der Waals surface area contributed by atoms with Gasteiger partial charge in [-0.1, -0.05) is 18.2 Å². The summed E-state index contributed by atoms with van der Waals surface area (Å²) in [6.45, 7) is 0.350. The molecule has 1 N–H and O–H groups in total. The van der Waals surface area contributed by atoms with Gasteiger partial charge in [0, 0.05) is 12.6 Å². The van der Waals surface area contributed by atoms with Crippen LogP contribution in [-0.2, 0) is 11.3 Å². The third kappa shape index (κ3) is 5.56. The molecule has 0 aromatic heterocycles. The van der Waals surface area contributed by atoms with Gasteiger partial charge in [0.25, 0.3) is 0 Å². The highest BCUT2D eigenvalue weighted by molar-refractivity contribution is 5.91. The summed E-state index contributed by atoms with van der Waals surface area (Å²) >= 11 is 0. The molecule has 1 amide bonds. The van der Waals surface area contributed by atoms with Gasteiger partial charge in [0.2, 0.25) is 5.91 Å². The monoisotopic (exact) mass is 352 g/mol. The predicted molar refractivity (Wildman–Crippen MR) is 98.0 cm³/mol. The fourth-order valence-corrected chi connectivity index (χ4v) is 2.22. The highest BCUT2D eigenvalue weighted by Gasteiger charge is 2.05. The van der Waals surface area contributed by atoms with Crippen molar-refractivity contribution < 1.29 is 19.0 Å². The molecule has 26 heavy (non-hydrogen) atoms. The summed E-state index contributed by atoms with van der Waals surface area (Å²) in [5.74, 6) is 1.52. The quantitative estimate of drug-likeness (QED) is 0.739. The topological polar surface area (TPSA) is 80.6 Å². The molecule has 134 valence electrons. The van der Waals surface area contributed by atoms with Gasteiger partial charge in [-0.05, 0) is 41.5 Å². The van der Waals surface area contributed by atoms with E-state index in [-0.39, 0.29) is 12.5 Å². The van der Waals surface area contributed by atoms with Crippen molar-refractivity contribution in [3.63, 3.8) is 0 Å². The van der Waals surface area contributed by atoms with Gasteiger partial charge < -0.3 is 19.5 Å². The normalized spacial score (nSPS) is 10.2. The van der Waals surface area contributed by atoms with Crippen molar-refractivity contribution in [3.8, 4) is 23.3 Å². The highest BCUT2D eigenvalue weighted by atomic mass is 16.5. The SMILES string of the molecule is COc1cccc(CNC(=O)/C=C/c2ccc(OCC#N)c(OC)c2)c1. The van der Waals surface area contributed by atoms with Gasteiger partial charge in [-0.25, -0.2) is 0 Å². The number of carbonyl (C=O) groups is 1. The first-order valence-corrected chi connectivity index (χ1v) is 7.93. The first-order chi connectivity index (χ1) is 12.7. The van der Waals surface area contributed by atoms with Crippen molar-refractivity contribution >= 4 is 12.0 Å². The first kappa shape index (κ1) is 18.9. The second-order valence-electron chi connectivity index (χ2n) is 5.26. The molecule has 0 aliphatic carbocycles. The fourth-order valence-electron chi connectivity index (χ4n) is 2.22. The zero-order valence-corrected chi connectivity index (χ0v) is 14.7. The van der Waals surface area contributed by atoms with Crippen LogP contribution in [0.3, 0.4) is 0 Å². The van der Waals surface area contributed by atoms with Crippen LogP contribution in [0.4, 0.5) is 0 Å². The van der Waals surface area contributed by atoms with Crippen molar-refractivity contribution in [3.05, 3.63) is 59.7 Å². The Balaban J connectivity index is 1.95. The molecule has 2 rings (SSSR count). The summed E-state index contributed by atoms with van der Waals surface area (Å²) in [5.41, 5.74) is 1.73. The minimum atomic E-state index is -0.211. The van der Waals surface area contributed by atoms with Gasteiger partial charge in [0.1, 0.15) is 11.8 Å². The lowest BCUT2D eigenvalue weighted by Gasteiger charge is -2.08. The lowest BCUT2D eigenvalue weighted by atomic mass is 10.2. The summed E-state index contributed by atoms with van der Waals surface area (Å²) in [5, 5.41) is 11.4. The summed E-state index contributed by atoms with van der Waals surface area (Å²) in [7, 11) is 3.12. The van der Waals surface area contributed by atoms with Gasteiger partial charge >= 0.3 is 0 Å². The van der Waals surface area contributed by atoms with Gasteiger partial charge in [-0.3, -0.25) is 4.79 Å². The smallest absolute Gasteiger partial charge is 0.244 e. The van der Waals surface area contributed by atoms with Crippen LogP contribution < -0.4 is 19.5 Å². The molecule has 0 fully saturated rings. The molecule has 0 saturated carbocycles. The van der Waals surface area contributed by atoms with E-state index in [4.69, 9.17) is 19.5 Å². The number of hydrogen-bond acceptors (Lipinski definition) is 5. The number of nitriles is 1. The number of nitrogens with zero attached hydrogens (tertiary/aromatic N) is 1. The molecule has 6 nitrogen and oxygen atoms in total. The van der Waals surface area contributed by atoms with Crippen molar-refractivity contribution in [1.82, 2.24) is 5.32 Å². The largest absolute Gasteiger partial charge is 0.497 e. The maximum atomic E-state index is 12.0. The van der Waals surface area contributed by atoms with Crippen molar-refractivity contribution in [2.24, 2.45) is 0 Å². The summed E-state index contributed by atoms with van der Waals surface area (Å²) in [4.78, 5) is 12.0. The lowest BCUT2D eigenvalue weighted by Crippen LogP contribution is -2.20. The zero-order valence-electron chi connectivity index (χ0n) is 14.7. The van der Waals surface area contributed by atoms with Crippen LogP contribution in [0.2, 0.25) is 0 Å². The number of ether oxygens (including phenoxy) is 3. The molecule has 0 spiro atoms. The van der Waals surface area contributed by atoms with E-state index in [1.54, 1.807) is 31.4 Å². The number of benzene rings is 2. The number of rotatable bonds is 8. The molecule has 0 radical (unpaired) electrons. The standard InChI is InChI=1S/C20H20N2O4/c1-24-17-5-3-4-16(12-17)14-22-20(23)9-7-15-6-8-18(26-11-10-21)19(13-15)25-2/h3-9,12-13H,11,14H2,1-2H3,(H,22,23)/b9-7+. The number of hydrogen-bond donors (Lipinski definition) is 1. The minimum absolute atomic E-state index is 0.0573. The van der Waals surface area contributed by atoms with Gasteiger partial charge in [-0.15, -0.1) is 0 Å². The molecule has 2 aromatic rings. The number of amides is 1. The van der Waals surface area contributed by atoms with E-state index in [1.165, 1.54) is 13.2 Å². The van der Waals surface area contributed by atoms with Crippen LogP contribution in [-0.4, -0.2) is 26.7 Å². The molecule has 0 heterocycles. The zero-order chi connectivity index (χ0) is 18.8. The van der Waals surface area contributed by atoms with Crippen molar-refractivity contribution in [2.75, 3.05) is 20.8 Å². The highest BCUT2D eigenvalue weighted by Crippen LogP contribution is 2.28. The molecule has 2 aromatic carbocycles. The first-order valence-electron chi connectivity index (χ1n) is 7.93. The lowest BCUT2D eigenvalue weighted by molar-refractivity contribution is -0.116. The third-order valence-electron chi connectivity index (χ3n) is 3.51. The maximum absolute atomic E-state index is 12.0. The molecule has 0 unspecified atom stereocenters. The Hall–Kier alpha value is -3.46. The number of methoxy groups -OCH3 is 2. The van der Waals surface area contributed by atoms with Crippen LogP contribution in [0.25, 0.3) is 6.08 Å². The second kappa shape index (κ2) is 9.74. The van der Waals surface area contributed by atoms with Crippen LogP contribution in [0, 0.1) is 11.3 Å². The van der Waals surface area contributed by atoms with Gasteiger partial charge in [0.05, 0.1) is 14.2 Å². The minimum Gasteiger partial charge on any atom is -0.497 e. The van der Waals surface area contributed by atoms with E-state index in [9.17, 15) is 4.79 Å². The van der Waals surface area contributed by atoms with Crippen LogP contribution in [0.5, 0.6) is 17.2 Å². The average Bonchev–Trinajstić information content (AvgIpc) is 2.69. The van der Waals surface area contributed by atoms with Gasteiger partial charge in [-0.2, -0.15) is 5.26 Å². The Bertz CT molecular complexity index is 825. The van der Waals surface area contributed by atoms with E-state index in [1.807, 2.05) is 30.3 Å².